The third-order valence-corrected chi connectivity index (χ3v) is 6.47. The van der Waals surface area contributed by atoms with Crippen molar-refractivity contribution in [3.8, 4) is 0 Å². The van der Waals surface area contributed by atoms with Crippen LogP contribution < -0.4 is 10.6 Å². The third kappa shape index (κ3) is 5.59. The molecule has 146 valence electrons. The molecule has 2 N–H and O–H groups in total. The van der Waals surface area contributed by atoms with Gasteiger partial charge >= 0.3 is 0 Å². The molecule has 0 radical (unpaired) electrons. The zero-order valence-corrected chi connectivity index (χ0v) is 16.6. The Labute approximate surface area is 165 Å². The summed E-state index contributed by atoms with van der Waals surface area (Å²) in [4.78, 5) is 25.7. The summed E-state index contributed by atoms with van der Waals surface area (Å²) in [5.74, 6) is 0.0663. The number of fused-ring (bicyclic) bond motifs is 1. The molecule has 1 aliphatic heterocycles. The molecule has 3 atom stereocenters. The predicted molar refractivity (Wildman–Crippen MR) is 109 cm³/mol. The van der Waals surface area contributed by atoms with Crippen molar-refractivity contribution in [2.24, 2.45) is 5.92 Å². The van der Waals surface area contributed by atoms with Crippen LogP contribution in [0.1, 0.15) is 38.2 Å². The second-order valence-electron chi connectivity index (χ2n) is 7.01. The number of hydrogen-bond donors (Lipinski definition) is 2. The summed E-state index contributed by atoms with van der Waals surface area (Å²) in [6, 6.07) is 9.98. The lowest BCUT2D eigenvalue weighted by molar-refractivity contribution is -0.127. The standard InChI is InChI=1S/C21H28N2O3S/c1-2-26-12-6-11-22-20(24)16-9-10-18-17(14-16)23-21(25)19(27-18)13-15-7-4-3-5-8-15/h3-5,7-8,13,16-18H,2,6,9-12,14H2,1H3,(H,22,24)(H,23,25)/b19-13-. The van der Waals surface area contributed by atoms with Crippen LogP contribution >= 0.6 is 11.8 Å². The maximum atomic E-state index is 12.5. The first kappa shape index (κ1) is 20.0. The number of hydrogen-bond acceptors (Lipinski definition) is 4. The Kier molecular flexibility index (Phi) is 7.35. The van der Waals surface area contributed by atoms with Crippen LogP contribution in [0, 0.1) is 5.92 Å². The Balaban J connectivity index is 1.51. The van der Waals surface area contributed by atoms with Crippen molar-refractivity contribution in [3.63, 3.8) is 0 Å². The van der Waals surface area contributed by atoms with E-state index in [0.29, 0.717) is 25.0 Å². The number of thioether (sulfide) groups is 1. The lowest BCUT2D eigenvalue weighted by Gasteiger charge is -2.39. The fraction of sp³-hybridized carbons (Fsp3) is 0.524. The van der Waals surface area contributed by atoms with Crippen molar-refractivity contribution in [2.75, 3.05) is 19.8 Å². The first-order chi connectivity index (χ1) is 13.2. The molecule has 1 saturated heterocycles. The largest absolute Gasteiger partial charge is 0.382 e. The van der Waals surface area contributed by atoms with Crippen molar-refractivity contribution < 1.29 is 14.3 Å². The Morgan fingerprint density at radius 1 is 1.33 bits per heavy atom. The van der Waals surface area contributed by atoms with Gasteiger partial charge in [0.05, 0.1) is 4.91 Å². The van der Waals surface area contributed by atoms with Crippen molar-refractivity contribution in [1.82, 2.24) is 10.6 Å². The number of carbonyl (C=O) groups excluding carboxylic acids is 2. The Morgan fingerprint density at radius 3 is 2.93 bits per heavy atom. The normalized spacial score (nSPS) is 26.3. The molecule has 5 nitrogen and oxygen atoms in total. The summed E-state index contributed by atoms with van der Waals surface area (Å²) in [6.07, 6.45) is 5.32. The molecule has 1 aliphatic carbocycles. The molecule has 27 heavy (non-hydrogen) atoms. The molecular weight excluding hydrogens is 360 g/mol. The van der Waals surface area contributed by atoms with Gasteiger partial charge in [-0.05, 0) is 44.2 Å². The van der Waals surface area contributed by atoms with Crippen molar-refractivity contribution >= 4 is 29.7 Å². The summed E-state index contributed by atoms with van der Waals surface area (Å²) in [5, 5.41) is 6.49. The first-order valence-electron chi connectivity index (χ1n) is 9.77. The van der Waals surface area contributed by atoms with E-state index in [1.165, 1.54) is 0 Å². The van der Waals surface area contributed by atoms with E-state index in [9.17, 15) is 9.59 Å². The van der Waals surface area contributed by atoms with Gasteiger partial charge in [-0.1, -0.05) is 30.3 Å². The molecule has 3 rings (SSSR count). The van der Waals surface area contributed by atoms with Crippen LogP contribution in [-0.2, 0) is 14.3 Å². The highest BCUT2D eigenvalue weighted by Gasteiger charge is 2.39. The summed E-state index contributed by atoms with van der Waals surface area (Å²) in [6.45, 7) is 4.00. The van der Waals surface area contributed by atoms with Gasteiger partial charge in [-0.15, -0.1) is 11.8 Å². The highest BCUT2D eigenvalue weighted by atomic mass is 32.2. The quantitative estimate of drug-likeness (QED) is 0.557. The van der Waals surface area contributed by atoms with E-state index in [0.717, 1.165) is 36.2 Å². The van der Waals surface area contributed by atoms with Crippen LogP contribution in [-0.4, -0.2) is 42.9 Å². The number of amides is 2. The maximum Gasteiger partial charge on any atom is 0.257 e. The van der Waals surface area contributed by atoms with Gasteiger partial charge in [0.2, 0.25) is 5.91 Å². The number of nitrogens with one attached hydrogen (secondary N) is 2. The van der Waals surface area contributed by atoms with Gasteiger partial charge in [0.15, 0.2) is 0 Å². The van der Waals surface area contributed by atoms with Crippen LogP contribution in [0.3, 0.4) is 0 Å². The average molecular weight is 389 g/mol. The minimum atomic E-state index is -0.0251. The Morgan fingerprint density at radius 2 is 2.15 bits per heavy atom. The van der Waals surface area contributed by atoms with Crippen molar-refractivity contribution in [3.05, 3.63) is 40.8 Å². The maximum absolute atomic E-state index is 12.5. The molecule has 6 heteroatoms. The summed E-state index contributed by atoms with van der Waals surface area (Å²) in [5.41, 5.74) is 1.04. The van der Waals surface area contributed by atoms with Crippen molar-refractivity contribution in [2.45, 2.75) is 43.9 Å². The highest BCUT2D eigenvalue weighted by Crippen LogP contribution is 2.39. The van der Waals surface area contributed by atoms with Gasteiger partial charge in [0.25, 0.3) is 5.91 Å². The van der Waals surface area contributed by atoms with E-state index < -0.39 is 0 Å². The van der Waals surface area contributed by atoms with Gasteiger partial charge in [0, 0.05) is 37.0 Å². The second kappa shape index (κ2) is 9.95. The monoisotopic (exact) mass is 388 g/mol. The van der Waals surface area contributed by atoms with Gasteiger partial charge in [-0.25, -0.2) is 0 Å². The lowest BCUT2D eigenvalue weighted by atomic mass is 9.84. The molecule has 3 unspecified atom stereocenters. The molecule has 1 aromatic carbocycles. The smallest absolute Gasteiger partial charge is 0.257 e. The van der Waals surface area contributed by atoms with Crippen LogP contribution in [0.15, 0.2) is 35.2 Å². The molecule has 2 fully saturated rings. The molecular formula is C21H28N2O3S. The fourth-order valence-corrected chi connectivity index (χ4v) is 4.90. The zero-order valence-electron chi connectivity index (χ0n) is 15.8. The predicted octanol–water partition coefficient (Wildman–Crippen LogP) is 2.97. The van der Waals surface area contributed by atoms with Crippen LogP contribution in [0.5, 0.6) is 0 Å². The fourth-order valence-electron chi connectivity index (χ4n) is 3.60. The molecule has 2 amide bonds. The number of ether oxygens (including phenoxy) is 1. The van der Waals surface area contributed by atoms with E-state index in [1.807, 2.05) is 43.3 Å². The van der Waals surface area contributed by atoms with Crippen LogP contribution in [0.2, 0.25) is 0 Å². The summed E-state index contributed by atoms with van der Waals surface area (Å²) < 4.78 is 5.29. The van der Waals surface area contributed by atoms with E-state index in [-0.39, 0.29) is 23.8 Å². The summed E-state index contributed by atoms with van der Waals surface area (Å²) >= 11 is 1.66. The first-order valence-corrected chi connectivity index (χ1v) is 10.6. The average Bonchev–Trinajstić information content (AvgIpc) is 2.68. The van der Waals surface area contributed by atoms with E-state index in [1.54, 1.807) is 11.8 Å². The summed E-state index contributed by atoms with van der Waals surface area (Å²) in [7, 11) is 0. The SMILES string of the molecule is CCOCCCNC(=O)C1CCC2S/C(=C\c3ccccc3)C(=O)NC2C1. The molecule has 1 saturated carbocycles. The molecule has 0 spiro atoms. The van der Waals surface area contributed by atoms with Crippen LogP contribution in [0.4, 0.5) is 0 Å². The minimum Gasteiger partial charge on any atom is -0.382 e. The van der Waals surface area contributed by atoms with E-state index >= 15 is 0 Å². The zero-order chi connectivity index (χ0) is 19.1. The Hall–Kier alpha value is -1.79. The lowest BCUT2D eigenvalue weighted by Crippen LogP contribution is -2.51. The van der Waals surface area contributed by atoms with Gasteiger partial charge in [-0.2, -0.15) is 0 Å². The molecule has 0 aromatic heterocycles. The van der Waals surface area contributed by atoms with Crippen LogP contribution in [0.25, 0.3) is 6.08 Å². The Bertz CT molecular complexity index is 677. The second-order valence-corrected chi connectivity index (χ2v) is 8.29. The van der Waals surface area contributed by atoms with Gasteiger partial charge in [-0.3, -0.25) is 9.59 Å². The molecule has 2 aliphatic rings. The van der Waals surface area contributed by atoms with E-state index in [4.69, 9.17) is 4.74 Å². The van der Waals surface area contributed by atoms with Gasteiger partial charge in [0.1, 0.15) is 0 Å². The number of benzene rings is 1. The third-order valence-electron chi connectivity index (χ3n) is 5.04. The van der Waals surface area contributed by atoms with Gasteiger partial charge < -0.3 is 15.4 Å². The molecule has 0 bridgehead atoms. The molecule has 1 heterocycles. The van der Waals surface area contributed by atoms with E-state index in [2.05, 4.69) is 10.6 Å². The number of rotatable bonds is 7. The van der Waals surface area contributed by atoms with Crippen molar-refractivity contribution in [1.29, 1.82) is 0 Å². The number of carbonyl (C=O) groups is 2. The topological polar surface area (TPSA) is 67.4 Å². The highest BCUT2D eigenvalue weighted by molar-refractivity contribution is 8.04. The molecule has 1 aromatic rings. The minimum absolute atomic E-state index is 0.0149.